The largest absolute Gasteiger partial charge is 0.266 e. The fourth-order valence-corrected chi connectivity index (χ4v) is 2.99. The minimum atomic E-state index is -3.51. The summed E-state index contributed by atoms with van der Waals surface area (Å²) < 4.78 is 26.3. The summed E-state index contributed by atoms with van der Waals surface area (Å²) in [5.74, 6) is 0.436. The number of sulfonamides is 1. The zero-order valence-corrected chi connectivity index (χ0v) is 11.6. The van der Waals surface area contributed by atoms with Crippen molar-refractivity contribution in [3.8, 4) is 0 Å². The van der Waals surface area contributed by atoms with E-state index in [4.69, 9.17) is 11.6 Å². The zero-order valence-electron chi connectivity index (χ0n) is 10.0. The van der Waals surface area contributed by atoms with E-state index in [-0.39, 0.29) is 10.4 Å². The molecule has 0 spiro atoms. The van der Waals surface area contributed by atoms with Crippen LogP contribution in [0.5, 0.6) is 0 Å². The van der Waals surface area contributed by atoms with Gasteiger partial charge in [0.25, 0.3) is 10.0 Å². The van der Waals surface area contributed by atoms with Crippen molar-refractivity contribution in [1.29, 1.82) is 0 Å². The maximum Gasteiger partial charge on any atom is 0.257 e. The van der Waals surface area contributed by atoms with Crippen LogP contribution >= 0.6 is 11.6 Å². The predicted octanol–water partition coefficient (Wildman–Crippen LogP) is 1.73. The molecule has 0 radical (unpaired) electrons. The maximum absolute atomic E-state index is 11.9. The zero-order chi connectivity index (χ0) is 12.9. The summed E-state index contributed by atoms with van der Waals surface area (Å²) in [6.07, 6.45) is 3.07. The van der Waals surface area contributed by atoms with Crippen molar-refractivity contribution in [3.63, 3.8) is 0 Å². The minimum absolute atomic E-state index is 0.0770. The Balaban J connectivity index is 2.73. The Labute approximate surface area is 107 Å². The summed E-state index contributed by atoms with van der Waals surface area (Å²) in [5, 5.41) is 6.13. The molecule has 0 aliphatic heterocycles. The molecule has 1 rings (SSSR count). The van der Waals surface area contributed by atoms with E-state index in [1.54, 1.807) is 0 Å². The molecule has 0 fully saturated rings. The van der Waals surface area contributed by atoms with Gasteiger partial charge >= 0.3 is 0 Å². The van der Waals surface area contributed by atoms with E-state index in [1.165, 1.54) is 12.3 Å². The van der Waals surface area contributed by atoms with Gasteiger partial charge in [0, 0.05) is 12.4 Å². The number of hydrogen-bond acceptors (Lipinski definition) is 3. The third-order valence-electron chi connectivity index (χ3n) is 3.19. The highest BCUT2D eigenvalue weighted by molar-refractivity contribution is 7.89. The summed E-state index contributed by atoms with van der Waals surface area (Å²) in [7, 11) is -3.51. The number of nitrogens with zero attached hydrogens (tertiary/aromatic N) is 1. The number of rotatable bonds is 7. The lowest BCUT2D eigenvalue weighted by molar-refractivity contribution is 0.304. The second kappa shape index (κ2) is 5.84. The van der Waals surface area contributed by atoms with E-state index in [9.17, 15) is 8.42 Å². The van der Waals surface area contributed by atoms with Crippen molar-refractivity contribution in [2.75, 3.05) is 12.4 Å². The maximum atomic E-state index is 11.9. The Hall–Kier alpha value is -0.590. The Kier molecular flexibility index (Phi) is 4.97. The Morgan fingerprint density at radius 3 is 2.53 bits per heavy atom. The number of alkyl halides is 1. The van der Waals surface area contributed by atoms with Crippen LogP contribution in [-0.4, -0.2) is 31.0 Å². The summed E-state index contributed by atoms with van der Waals surface area (Å²) in [6, 6.07) is 1.42. The fourth-order valence-electron chi connectivity index (χ4n) is 1.45. The lowest BCUT2D eigenvalue weighted by Gasteiger charge is -2.29. The molecule has 0 saturated heterocycles. The number of aromatic amines is 1. The quantitative estimate of drug-likeness (QED) is 0.747. The molecule has 98 valence electrons. The van der Waals surface area contributed by atoms with Crippen LogP contribution in [0.15, 0.2) is 17.3 Å². The van der Waals surface area contributed by atoms with Crippen molar-refractivity contribution >= 4 is 21.6 Å². The first kappa shape index (κ1) is 14.5. The number of aromatic nitrogens is 2. The molecule has 0 atom stereocenters. The van der Waals surface area contributed by atoms with Crippen molar-refractivity contribution < 1.29 is 8.42 Å². The first-order chi connectivity index (χ1) is 7.99. The standard InChI is InChI=1S/C10H18ClN3O2S/c1-3-10(4-2,7-11)8-13-17(15,16)9-5-6-12-14-9/h5-6,13H,3-4,7-8H2,1-2H3,(H,12,14). The Morgan fingerprint density at radius 1 is 1.47 bits per heavy atom. The molecule has 0 unspecified atom stereocenters. The lowest BCUT2D eigenvalue weighted by Crippen LogP contribution is -2.38. The van der Waals surface area contributed by atoms with Crippen LogP contribution in [0.1, 0.15) is 26.7 Å². The third-order valence-corrected chi connectivity index (χ3v) is 5.08. The van der Waals surface area contributed by atoms with Gasteiger partial charge < -0.3 is 0 Å². The lowest BCUT2D eigenvalue weighted by atomic mass is 9.85. The number of nitrogens with one attached hydrogen (secondary N) is 2. The summed E-state index contributed by atoms with van der Waals surface area (Å²) in [4.78, 5) is 0. The van der Waals surface area contributed by atoms with E-state index in [0.717, 1.165) is 12.8 Å². The van der Waals surface area contributed by atoms with Gasteiger partial charge in [0.05, 0.1) is 6.20 Å². The van der Waals surface area contributed by atoms with Crippen molar-refractivity contribution in [3.05, 3.63) is 12.3 Å². The average Bonchev–Trinajstić information content (AvgIpc) is 2.86. The molecular weight excluding hydrogens is 262 g/mol. The molecule has 1 aromatic rings. The van der Waals surface area contributed by atoms with Crippen molar-refractivity contribution in [2.24, 2.45) is 5.41 Å². The molecule has 5 nitrogen and oxygen atoms in total. The monoisotopic (exact) mass is 279 g/mol. The van der Waals surface area contributed by atoms with Gasteiger partial charge in [-0.3, -0.25) is 5.10 Å². The molecule has 0 aliphatic rings. The molecule has 7 heteroatoms. The van der Waals surface area contributed by atoms with Gasteiger partial charge in [-0.25, -0.2) is 13.1 Å². The van der Waals surface area contributed by atoms with Gasteiger partial charge in [-0.05, 0) is 24.3 Å². The van der Waals surface area contributed by atoms with Crippen molar-refractivity contribution in [2.45, 2.75) is 31.7 Å². The summed E-state index contributed by atoms with van der Waals surface area (Å²) in [6.45, 7) is 4.36. The van der Waals surface area contributed by atoms with E-state index in [1.807, 2.05) is 13.8 Å². The molecular formula is C10H18ClN3O2S. The molecule has 1 aromatic heterocycles. The summed E-state index contributed by atoms with van der Waals surface area (Å²) >= 11 is 5.92. The van der Waals surface area contributed by atoms with Gasteiger partial charge in [0.15, 0.2) is 5.03 Å². The highest BCUT2D eigenvalue weighted by atomic mass is 35.5. The van der Waals surface area contributed by atoms with Gasteiger partial charge in [-0.2, -0.15) is 5.10 Å². The van der Waals surface area contributed by atoms with Gasteiger partial charge in [-0.1, -0.05) is 13.8 Å². The minimum Gasteiger partial charge on any atom is -0.266 e. The smallest absolute Gasteiger partial charge is 0.257 e. The van der Waals surface area contributed by atoms with Crippen LogP contribution in [0.2, 0.25) is 0 Å². The first-order valence-electron chi connectivity index (χ1n) is 5.54. The Morgan fingerprint density at radius 2 is 2.12 bits per heavy atom. The van der Waals surface area contributed by atoms with Gasteiger partial charge in [-0.15, -0.1) is 11.6 Å². The van der Waals surface area contributed by atoms with Crippen LogP contribution in [0.25, 0.3) is 0 Å². The highest BCUT2D eigenvalue weighted by Gasteiger charge is 2.28. The average molecular weight is 280 g/mol. The van der Waals surface area contributed by atoms with Crippen LogP contribution in [-0.2, 0) is 10.0 Å². The molecule has 2 N–H and O–H groups in total. The van der Waals surface area contributed by atoms with Crippen LogP contribution in [0.3, 0.4) is 0 Å². The van der Waals surface area contributed by atoms with Gasteiger partial charge in [0.2, 0.25) is 0 Å². The molecule has 0 bridgehead atoms. The van der Waals surface area contributed by atoms with E-state index in [0.29, 0.717) is 12.4 Å². The van der Waals surface area contributed by atoms with Crippen LogP contribution in [0.4, 0.5) is 0 Å². The van der Waals surface area contributed by atoms with Crippen LogP contribution in [0, 0.1) is 5.41 Å². The molecule has 0 aromatic carbocycles. The van der Waals surface area contributed by atoms with E-state index in [2.05, 4.69) is 14.9 Å². The molecule has 0 aliphatic carbocycles. The number of halogens is 1. The second-order valence-electron chi connectivity index (χ2n) is 4.09. The Bertz CT molecular complexity index is 418. The predicted molar refractivity (Wildman–Crippen MR) is 67.5 cm³/mol. The van der Waals surface area contributed by atoms with Crippen LogP contribution < -0.4 is 4.72 Å². The molecule has 1 heterocycles. The molecule has 0 amide bonds. The fraction of sp³-hybridized carbons (Fsp3) is 0.700. The highest BCUT2D eigenvalue weighted by Crippen LogP contribution is 2.27. The first-order valence-corrected chi connectivity index (χ1v) is 7.56. The van der Waals surface area contributed by atoms with E-state index < -0.39 is 10.0 Å². The molecule has 17 heavy (non-hydrogen) atoms. The third kappa shape index (κ3) is 3.43. The molecule has 0 saturated carbocycles. The topological polar surface area (TPSA) is 74.8 Å². The second-order valence-corrected chi connectivity index (χ2v) is 6.09. The van der Waals surface area contributed by atoms with Gasteiger partial charge in [0.1, 0.15) is 0 Å². The van der Waals surface area contributed by atoms with Crippen molar-refractivity contribution in [1.82, 2.24) is 14.9 Å². The SMILES string of the molecule is CCC(CC)(CCl)CNS(=O)(=O)c1ccn[nH]1. The van der Waals surface area contributed by atoms with E-state index >= 15 is 0 Å². The number of H-pyrrole nitrogens is 1. The number of hydrogen-bond donors (Lipinski definition) is 2. The summed E-state index contributed by atoms with van der Waals surface area (Å²) in [5.41, 5.74) is -0.186. The normalized spacial score (nSPS) is 12.9.